The van der Waals surface area contributed by atoms with Crippen molar-refractivity contribution in [2.45, 2.75) is 13.0 Å². The largest absolute Gasteiger partial charge is 0.479 e. The van der Waals surface area contributed by atoms with Crippen LogP contribution in [0.4, 0.5) is 0 Å². The van der Waals surface area contributed by atoms with Crippen LogP contribution in [-0.2, 0) is 4.79 Å². The predicted molar refractivity (Wildman–Crippen MR) is 103 cm³/mol. The molecular weight excluding hydrogens is 399 g/mol. The minimum absolute atomic E-state index is 0.247. The lowest BCUT2D eigenvalue weighted by molar-refractivity contribution is -0.127. The fraction of sp³-hybridized carbons (Fsp3) is 0.222. The summed E-state index contributed by atoms with van der Waals surface area (Å²) >= 11 is 17.8. The molecule has 2 N–H and O–H groups in total. The summed E-state index contributed by atoms with van der Waals surface area (Å²) in [6, 6.07) is 11.5. The van der Waals surface area contributed by atoms with Gasteiger partial charge in [0.15, 0.2) is 6.10 Å². The van der Waals surface area contributed by atoms with Gasteiger partial charge in [0.2, 0.25) is 0 Å². The first kappa shape index (κ1) is 20.4. The van der Waals surface area contributed by atoms with Crippen molar-refractivity contribution in [3.05, 3.63) is 63.1 Å². The molecule has 138 valence electrons. The van der Waals surface area contributed by atoms with Gasteiger partial charge < -0.3 is 15.4 Å². The molecule has 0 spiro atoms. The van der Waals surface area contributed by atoms with E-state index in [1.807, 2.05) is 0 Å². The van der Waals surface area contributed by atoms with Gasteiger partial charge in [-0.05, 0) is 37.3 Å². The van der Waals surface area contributed by atoms with Crippen molar-refractivity contribution in [1.82, 2.24) is 10.6 Å². The third-order valence-corrected chi connectivity index (χ3v) is 4.26. The van der Waals surface area contributed by atoms with Gasteiger partial charge in [0.1, 0.15) is 5.75 Å². The van der Waals surface area contributed by atoms with Gasteiger partial charge in [-0.1, -0.05) is 46.9 Å². The van der Waals surface area contributed by atoms with Crippen LogP contribution in [0.3, 0.4) is 0 Å². The monoisotopic (exact) mass is 414 g/mol. The molecule has 0 aliphatic rings. The van der Waals surface area contributed by atoms with Crippen LogP contribution < -0.4 is 15.4 Å². The van der Waals surface area contributed by atoms with Crippen LogP contribution in [0.2, 0.25) is 15.1 Å². The normalized spacial score (nSPS) is 11.5. The highest BCUT2D eigenvalue weighted by molar-refractivity contribution is 6.35. The lowest BCUT2D eigenvalue weighted by atomic mass is 10.2. The van der Waals surface area contributed by atoms with Crippen molar-refractivity contribution in [1.29, 1.82) is 0 Å². The van der Waals surface area contributed by atoms with Crippen LogP contribution in [0.1, 0.15) is 17.3 Å². The number of amides is 2. The van der Waals surface area contributed by atoms with E-state index in [4.69, 9.17) is 39.5 Å². The Hall–Kier alpha value is -1.95. The highest BCUT2D eigenvalue weighted by atomic mass is 35.5. The van der Waals surface area contributed by atoms with E-state index in [0.29, 0.717) is 26.4 Å². The number of hydrogen-bond donors (Lipinski definition) is 2. The van der Waals surface area contributed by atoms with Gasteiger partial charge in [-0.15, -0.1) is 0 Å². The molecule has 0 aliphatic carbocycles. The van der Waals surface area contributed by atoms with Gasteiger partial charge in [-0.3, -0.25) is 9.59 Å². The van der Waals surface area contributed by atoms with E-state index in [0.717, 1.165) is 0 Å². The number of halogens is 3. The Morgan fingerprint density at radius 2 is 1.69 bits per heavy atom. The molecule has 0 fully saturated rings. The summed E-state index contributed by atoms with van der Waals surface area (Å²) in [6.45, 7) is 2.10. The third kappa shape index (κ3) is 5.80. The lowest BCUT2D eigenvalue weighted by Gasteiger charge is -2.16. The number of nitrogens with one attached hydrogen (secondary N) is 2. The molecule has 0 bridgehead atoms. The van der Waals surface area contributed by atoms with E-state index < -0.39 is 6.10 Å². The van der Waals surface area contributed by atoms with Crippen molar-refractivity contribution in [3.8, 4) is 5.75 Å². The standard InChI is InChI=1S/C18H17Cl3N2O3/c1-11(26-16-7-6-12(19)10-15(16)21)17(24)22-8-9-23-18(25)13-4-2-3-5-14(13)20/h2-7,10-11H,8-9H2,1H3,(H,22,24)(H,23,25). The number of ether oxygens (including phenoxy) is 1. The summed E-state index contributed by atoms with van der Waals surface area (Å²) in [6.07, 6.45) is -0.757. The Morgan fingerprint density at radius 3 is 2.38 bits per heavy atom. The Labute approximate surface area is 166 Å². The fourth-order valence-electron chi connectivity index (χ4n) is 2.06. The summed E-state index contributed by atoms with van der Waals surface area (Å²) in [4.78, 5) is 24.0. The van der Waals surface area contributed by atoms with Gasteiger partial charge in [-0.2, -0.15) is 0 Å². The molecule has 0 aliphatic heterocycles. The van der Waals surface area contributed by atoms with Crippen molar-refractivity contribution in [3.63, 3.8) is 0 Å². The van der Waals surface area contributed by atoms with Gasteiger partial charge >= 0.3 is 0 Å². The summed E-state index contributed by atoms with van der Waals surface area (Å²) < 4.78 is 5.52. The maximum atomic E-state index is 12.1. The zero-order valence-corrected chi connectivity index (χ0v) is 16.2. The first-order valence-corrected chi connectivity index (χ1v) is 8.94. The summed E-state index contributed by atoms with van der Waals surface area (Å²) in [5, 5.41) is 6.53. The minimum Gasteiger partial charge on any atom is -0.479 e. The van der Waals surface area contributed by atoms with Crippen molar-refractivity contribution >= 4 is 46.6 Å². The number of benzene rings is 2. The highest BCUT2D eigenvalue weighted by Gasteiger charge is 2.16. The second-order valence-corrected chi connectivity index (χ2v) is 6.61. The quantitative estimate of drug-likeness (QED) is 0.673. The molecule has 0 saturated heterocycles. The second kappa shape index (κ2) is 9.67. The van der Waals surface area contributed by atoms with E-state index in [-0.39, 0.29) is 24.9 Å². The average molecular weight is 416 g/mol. The third-order valence-electron chi connectivity index (χ3n) is 3.40. The van der Waals surface area contributed by atoms with Gasteiger partial charge in [0.05, 0.1) is 15.6 Å². The SMILES string of the molecule is CC(Oc1ccc(Cl)cc1Cl)C(=O)NCCNC(=O)c1ccccc1Cl. The molecule has 2 amide bonds. The Kier molecular flexibility index (Phi) is 7.57. The molecule has 0 radical (unpaired) electrons. The summed E-state index contributed by atoms with van der Waals surface area (Å²) in [7, 11) is 0. The number of carbonyl (C=O) groups excluding carboxylic acids is 2. The lowest BCUT2D eigenvalue weighted by Crippen LogP contribution is -2.40. The minimum atomic E-state index is -0.757. The molecule has 1 unspecified atom stereocenters. The van der Waals surface area contributed by atoms with Gasteiger partial charge in [0.25, 0.3) is 11.8 Å². The van der Waals surface area contributed by atoms with Gasteiger partial charge in [0, 0.05) is 18.1 Å². The molecule has 5 nitrogen and oxygen atoms in total. The van der Waals surface area contributed by atoms with Crippen molar-refractivity contribution in [2.75, 3.05) is 13.1 Å². The fourth-order valence-corrected chi connectivity index (χ4v) is 2.74. The molecule has 2 rings (SSSR count). The maximum absolute atomic E-state index is 12.1. The number of carbonyl (C=O) groups is 2. The molecule has 2 aromatic rings. The van der Waals surface area contributed by atoms with Crippen LogP contribution in [0.25, 0.3) is 0 Å². The molecule has 2 aromatic carbocycles. The van der Waals surface area contributed by atoms with Crippen LogP contribution in [-0.4, -0.2) is 31.0 Å². The zero-order valence-electron chi connectivity index (χ0n) is 13.9. The van der Waals surface area contributed by atoms with E-state index in [1.54, 1.807) is 43.3 Å². The molecular formula is C18H17Cl3N2O3. The Bertz CT molecular complexity index is 799. The van der Waals surface area contributed by atoms with Crippen molar-refractivity contribution in [2.24, 2.45) is 0 Å². The summed E-state index contributed by atoms with van der Waals surface area (Å²) in [5.41, 5.74) is 0.384. The van der Waals surface area contributed by atoms with E-state index in [2.05, 4.69) is 10.6 Å². The Balaban J connectivity index is 1.76. The van der Waals surface area contributed by atoms with E-state index in [9.17, 15) is 9.59 Å². The van der Waals surface area contributed by atoms with Crippen LogP contribution in [0, 0.1) is 0 Å². The maximum Gasteiger partial charge on any atom is 0.260 e. The number of hydrogen-bond acceptors (Lipinski definition) is 3. The van der Waals surface area contributed by atoms with E-state index >= 15 is 0 Å². The average Bonchev–Trinajstić information content (AvgIpc) is 2.61. The molecule has 26 heavy (non-hydrogen) atoms. The smallest absolute Gasteiger partial charge is 0.260 e. The van der Waals surface area contributed by atoms with Crippen LogP contribution >= 0.6 is 34.8 Å². The van der Waals surface area contributed by atoms with Crippen LogP contribution in [0.15, 0.2) is 42.5 Å². The van der Waals surface area contributed by atoms with Crippen molar-refractivity contribution < 1.29 is 14.3 Å². The molecule has 0 saturated carbocycles. The predicted octanol–water partition coefficient (Wildman–Crippen LogP) is 3.96. The van der Waals surface area contributed by atoms with Gasteiger partial charge in [-0.25, -0.2) is 0 Å². The molecule has 0 aromatic heterocycles. The Morgan fingerprint density at radius 1 is 1.00 bits per heavy atom. The van der Waals surface area contributed by atoms with Crippen LogP contribution in [0.5, 0.6) is 5.75 Å². The highest BCUT2D eigenvalue weighted by Crippen LogP contribution is 2.28. The molecule has 8 heteroatoms. The molecule has 0 heterocycles. The topological polar surface area (TPSA) is 67.4 Å². The molecule has 1 atom stereocenters. The summed E-state index contributed by atoms with van der Waals surface area (Å²) in [5.74, 6) is -0.268. The first-order valence-electron chi connectivity index (χ1n) is 7.80. The second-order valence-electron chi connectivity index (χ2n) is 5.36. The van der Waals surface area contributed by atoms with E-state index in [1.165, 1.54) is 6.07 Å². The first-order chi connectivity index (χ1) is 12.4. The number of rotatable bonds is 7. The zero-order chi connectivity index (χ0) is 19.1.